The number of hydrogen-bond acceptors (Lipinski definition) is 6. The Kier molecular flexibility index (Phi) is 5.98. The van der Waals surface area contributed by atoms with E-state index >= 15 is 0 Å². The number of amides is 1. The molecule has 2 heterocycles. The molecular formula is C19H15Cl2FN4O4S. The maximum absolute atomic E-state index is 13.2. The quantitative estimate of drug-likeness (QED) is 0.587. The van der Waals surface area contributed by atoms with Gasteiger partial charge in [0.2, 0.25) is 15.9 Å². The normalized spacial score (nSPS) is 17.1. The molecule has 4 rings (SSSR count). The van der Waals surface area contributed by atoms with Crippen molar-refractivity contribution in [1.29, 1.82) is 0 Å². The van der Waals surface area contributed by atoms with Gasteiger partial charge in [-0.05, 0) is 55.3 Å². The Balaban J connectivity index is 1.53. The molecule has 0 spiro atoms. The summed E-state index contributed by atoms with van der Waals surface area (Å²) in [5.41, 5.74) is 0.392. The highest BCUT2D eigenvalue weighted by Crippen LogP contribution is 2.31. The summed E-state index contributed by atoms with van der Waals surface area (Å²) in [4.78, 5) is 12.7. The van der Waals surface area contributed by atoms with Crippen molar-refractivity contribution in [1.82, 2.24) is 14.5 Å². The second kappa shape index (κ2) is 8.54. The molecule has 0 saturated carbocycles. The van der Waals surface area contributed by atoms with Crippen molar-refractivity contribution in [3.8, 4) is 11.5 Å². The highest BCUT2D eigenvalue weighted by Gasteiger charge is 2.40. The van der Waals surface area contributed by atoms with Crippen molar-refractivity contribution >= 4 is 45.1 Å². The van der Waals surface area contributed by atoms with Crippen LogP contribution in [0.4, 0.5) is 10.4 Å². The Morgan fingerprint density at radius 1 is 1.16 bits per heavy atom. The van der Waals surface area contributed by atoms with Crippen LogP contribution >= 0.6 is 23.2 Å². The molecule has 31 heavy (non-hydrogen) atoms. The van der Waals surface area contributed by atoms with Gasteiger partial charge in [0.1, 0.15) is 11.9 Å². The summed E-state index contributed by atoms with van der Waals surface area (Å²) < 4.78 is 45.5. The van der Waals surface area contributed by atoms with Crippen molar-refractivity contribution in [2.75, 3.05) is 11.9 Å². The lowest BCUT2D eigenvalue weighted by Gasteiger charge is -2.22. The fourth-order valence-corrected chi connectivity index (χ4v) is 5.29. The van der Waals surface area contributed by atoms with Crippen LogP contribution in [0.25, 0.3) is 11.5 Å². The molecule has 1 fully saturated rings. The van der Waals surface area contributed by atoms with Crippen LogP contribution in [-0.4, -0.2) is 41.4 Å². The van der Waals surface area contributed by atoms with E-state index < -0.39 is 27.8 Å². The molecule has 1 aliphatic heterocycles. The highest BCUT2D eigenvalue weighted by molar-refractivity contribution is 7.89. The van der Waals surface area contributed by atoms with E-state index in [1.54, 1.807) is 12.1 Å². The summed E-state index contributed by atoms with van der Waals surface area (Å²) in [5.74, 6) is -1.12. The van der Waals surface area contributed by atoms with Crippen LogP contribution in [0.15, 0.2) is 51.8 Å². The molecule has 162 valence electrons. The number of aromatic nitrogens is 2. The number of sulfonamides is 1. The summed E-state index contributed by atoms with van der Waals surface area (Å²) in [6.45, 7) is 0.158. The number of halogens is 3. The maximum atomic E-state index is 13.2. The number of carbonyl (C=O) groups is 1. The van der Waals surface area contributed by atoms with Crippen LogP contribution < -0.4 is 5.32 Å². The van der Waals surface area contributed by atoms with Crippen LogP contribution in [0.3, 0.4) is 0 Å². The van der Waals surface area contributed by atoms with Gasteiger partial charge < -0.3 is 4.42 Å². The van der Waals surface area contributed by atoms with Gasteiger partial charge in [0.15, 0.2) is 0 Å². The molecule has 0 bridgehead atoms. The fraction of sp³-hybridized carbons (Fsp3) is 0.211. The summed E-state index contributed by atoms with van der Waals surface area (Å²) in [6, 6.07) is 7.96. The first-order valence-corrected chi connectivity index (χ1v) is 11.3. The van der Waals surface area contributed by atoms with E-state index in [-0.39, 0.29) is 23.3 Å². The molecule has 8 nitrogen and oxygen atoms in total. The molecule has 0 radical (unpaired) electrons. The number of nitrogens with one attached hydrogen (secondary N) is 1. The minimum Gasteiger partial charge on any atom is -0.403 e. The van der Waals surface area contributed by atoms with Crippen molar-refractivity contribution in [2.45, 2.75) is 23.8 Å². The predicted octanol–water partition coefficient (Wildman–Crippen LogP) is 3.97. The van der Waals surface area contributed by atoms with E-state index in [9.17, 15) is 17.6 Å². The topological polar surface area (TPSA) is 105 Å². The van der Waals surface area contributed by atoms with Crippen molar-refractivity contribution in [3.63, 3.8) is 0 Å². The molecule has 1 amide bonds. The average molecular weight is 485 g/mol. The molecule has 1 aliphatic rings. The van der Waals surface area contributed by atoms with Crippen molar-refractivity contribution < 1.29 is 22.0 Å². The summed E-state index contributed by atoms with van der Waals surface area (Å²) in [6.07, 6.45) is 0.805. The van der Waals surface area contributed by atoms with E-state index in [1.807, 2.05) is 0 Å². The van der Waals surface area contributed by atoms with Gasteiger partial charge in [0, 0.05) is 11.6 Å². The Morgan fingerprint density at radius 2 is 1.90 bits per heavy atom. The van der Waals surface area contributed by atoms with E-state index in [2.05, 4.69) is 15.5 Å². The van der Waals surface area contributed by atoms with Gasteiger partial charge in [0.05, 0.1) is 15.5 Å². The maximum Gasteiger partial charge on any atom is 0.322 e. The van der Waals surface area contributed by atoms with Gasteiger partial charge in [0.25, 0.3) is 5.89 Å². The zero-order valence-corrected chi connectivity index (χ0v) is 18.1. The smallest absolute Gasteiger partial charge is 0.322 e. The van der Waals surface area contributed by atoms with Gasteiger partial charge in [-0.25, -0.2) is 12.8 Å². The lowest BCUT2D eigenvalue weighted by molar-refractivity contribution is -0.119. The largest absolute Gasteiger partial charge is 0.403 e. The zero-order chi connectivity index (χ0) is 22.2. The molecule has 12 heteroatoms. The first-order chi connectivity index (χ1) is 14.8. The van der Waals surface area contributed by atoms with E-state index in [0.717, 1.165) is 28.6 Å². The van der Waals surface area contributed by atoms with Crippen LogP contribution in [0.2, 0.25) is 10.0 Å². The predicted molar refractivity (Wildman–Crippen MR) is 112 cm³/mol. The van der Waals surface area contributed by atoms with Gasteiger partial charge in [-0.2, -0.15) is 4.31 Å². The van der Waals surface area contributed by atoms with Crippen molar-refractivity contribution in [3.05, 3.63) is 58.3 Å². The molecule has 3 aromatic rings. The zero-order valence-electron chi connectivity index (χ0n) is 15.8. The molecule has 1 saturated heterocycles. The van der Waals surface area contributed by atoms with Gasteiger partial charge in [-0.3, -0.25) is 10.1 Å². The Bertz CT molecular complexity index is 1230. The van der Waals surface area contributed by atoms with Crippen LogP contribution in [0, 0.1) is 5.82 Å². The number of rotatable bonds is 5. The van der Waals surface area contributed by atoms with E-state index in [4.69, 9.17) is 27.6 Å². The molecule has 0 unspecified atom stereocenters. The minimum absolute atomic E-state index is 0.0463. The highest BCUT2D eigenvalue weighted by atomic mass is 35.5. The fourth-order valence-electron chi connectivity index (χ4n) is 3.26. The SMILES string of the molecule is O=C(Nc1nnc(-c2cc(Cl)ccc2Cl)o1)[C@H]1CCCN1S(=O)(=O)c1ccc(F)cc1. The molecule has 1 atom stereocenters. The minimum atomic E-state index is -3.98. The van der Waals surface area contributed by atoms with Crippen LogP contribution in [-0.2, 0) is 14.8 Å². The van der Waals surface area contributed by atoms with Crippen LogP contribution in [0.1, 0.15) is 12.8 Å². The third-order valence-corrected chi connectivity index (χ3v) is 7.23. The lowest BCUT2D eigenvalue weighted by atomic mass is 10.2. The number of carbonyl (C=O) groups excluding carboxylic acids is 1. The van der Waals surface area contributed by atoms with Gasteiger partial charge in [-0.1, -0.05) is 28.3 Å². The second-order valence-corrected chi connectivity index (χ2v) is 9.49. The summed E-state index contributed by atoms with van der Waals surface area (Å²) in [7, 11) is -3.98. The molecule has 1 N–H and O–H groups in total. The van der Waals surface area contributed by atoms with Crippen molar-refractivity contribution in [2.24, 2.45) is 0 Å². The average Bonchev–Trinajstić information content (AvgIpc) is 3.40. The standard InChI is InChI=1S/C19H15Cl2FN4O4S/c20-11-3-8-15(21)14(10-11)18-24-25-19(30-18)23-17(27)16-2-1-9-26(16)31(28,29)13-6-4-12(22)5-7-13/h3-8,10,16H,1-2,9H2,(H,23,25,27)/t16-/m1/s1. The third kappa shape index (κ3) is 4.42. The Morgan fingerprint density at radius 3 is 2.65 bits per heavy atom. The molecule has 2 aromatic carbocycles. The lowest BCUT2D eigenvalue weighted by Crippen LogP contribution is -2.43. The monoisotopic (exact) mass is 484 g/mol. The Hall–Kier alpha value is -2.53. The Labute approximate surface area is 187 Å². The van der Waals surface area contributed by atoms with Gasteiger partial charge >= 0.3 is 6.01 Å². The summed E-state index contributed by atoms with van der Waals surface area (Å²) >= 11 is 12.1. The number of nitrogens with zero attached hydrogens (tertiary/aromatic N) is 3. The van der Waals surface area contributed by atoms with Gasteiger partial charge in [-0.15, -0.1) is 5.10 Å². The van der Waals surface area contributed by atoms with E-state index in [0.29, 0.717) is 28.5 Å². The molecule has 1 aromatic heterocycles. The van der Waals surface area contributed by atoms with E-state index in [1.165, 1.54) is 6.07 Å². The van der Waals surface area contributed by atoms with Crippen LogP contribution in [0.5, 0.6) is 0 Å². The number of hydrogen-bond donors (Lipinski definition) is 1. The molecule has 0 aliphatic carbocycles. The summed E-state index contributed by atoms with van der Waals surface area (Å²) in [5, 5.41) is 10.8. The number of benzene rings is 2. The first kappa shape index (κ1) is 21.7. The second-order valence-electron chi connectivity index (χ2n) is 6.75. The number of anilines is 1. The molecular weight excluding hydrogens is 470 g/mol. The first-order valence-electron chi connectivity index (χ1n) is 9.13. The third-order valence-electron chi connectivity index (χ3n) is 4.74.